The van der Waals surface area contributed by atoms with Gasteiger partial charge in [-0.15, -0.1) is 0 Å². The number of para-hydroxylation sites is 1. The molecule has 0 saturated carbocycles. The summed E-state index contributed by atoms with van der Waals surface area (Å²) in [5, 5.41) is 21.7. The van der Waals surface area contributed by atoms with E-state index in [0.717, 1.165) is 0 Å². The number of halogens is 1. The number of hydrogen-bond donors (Lipinski definition) is 3. The van der Waals surface area contributed by atoms with E-state index in [1.54, 1.807) is 19.1 Å². The summed E-state index contributed by atoms with van der Waals surface area (Å²) in [4.78, 5) is 23.3. The lowest BCUT2D eigenvalue weighted by atomic mass is 10.1. The van der Waals surface area contributed by atoms with Gasteiger partial charge in [-0.1, -0.05) is 23.7 Å². The van der Waals surface area contributed by atoms with Crippen LogP contribution in [0.15, 0.2) is 36.4 Å². The Morgan fingerprint density at radius 1 is 1.14 bits per heavy atom. The highest BCUT2D eigenvalue weighted by molar-refractivity contribution is 6.31. The maximum Gasteiger partial charge on any atom is 0.337 e. The highest BCUT2D eigenvalue weighted by Gasteiger charge is 2.17. The molecule has 21 heavy (non-hydrogen) atoms. The number of anilines is 1. The van der Waals surface area contributed by atoms with E-state index < -0.39 is 11.9 Å². The third kappa shape index (κ3) is 3.14. The second-order valence-corrected chi connectivity index (χ2v) is 4.86. The number of phenolic OH excluding ortho intramolecular Hbond substituents is 1. The van der Waals surface area contributed by atoms with E-state index in [0.29, 0.717) is 10.6 Å². The van der Waals surface area contributed by atoms with Crippen LogP contribution in [0.1, 0.15) is 26.3 Å². The van der Waals surface area contributed by atoms with Crippen LogP contribution in [0.5, 0.6) is 5.75 Å². The molecule has 0 unspecified atom stereocenters. The number of amides is 1. The Hall–Kier alpha value is -2.53. The Morgan fingerprint density at radius 3 is 2.52 bits per heavy atom. The molecule has 2 rings (SSSR count). The minimum atomic E-state index is -1.18. The van der Waals surface area contributed by atoms with Gasteiger partial charge in [-0.2, -0.15) is 0 Å². The number of rotatable bonds is 3. The second-order valence-electron chi connectivity index (χ2n) is 4.42. The summed E-state index contributed by atoms with van der Waals surface area (Å²) < 4.78 is 0. The summed E-state index contributed by atoms with van der Waals surface area (Å²) in [5.41, 5.74) is 0.597. The SMILES string of the molecule is Cc1cccc(C(=O)Nc2cc(Cl)ccc2C(=O)O)c1O. The van der Waals surface area contributed by atoms with Crippen LogP contribution in [0.4, 0.5) is 5.69 Å². The number of carbonyl (C=O) groups is 2. The highest BCUT2D eigenvalue weighted by Crippen LogP contribution is 2.25. The molecule has 108 valence electrons. The van der Waals surface area contributed by atoms with Crippen molar-refractivity contribution in [3.05, 3.63) is 58.1 Å². The summed E-state index contributed by atoms with van der Waals surface area (Å²) in [6.07, 6.45) is 0. The summed E-state index contributed by atoms with van der Waals surface area (Å²) in [6.45, 7) is 1.66. The van der Waals surface area contributed by atoms with Crippen LogP contribution < -0.4 is 5.32 Å². The second kappa shape index (κ2) is 5.85. The number of aromatic carboxylic acids is 1. The van der Waals surface area contributed by atoms with E-state index >= 15 is 0 Å². The molecule has 1 amide bonds. The Labute approximate surface area is 125 Å². The van der Waals surface area contributed by atoms with Crippen LogP contribution in [0.2, 0.25) is 5.02 Å². The van der Waals surface area contributed by atoms with E-state index in [4.69, 9.17) is 16.7 Å². The number of hydrogen-bond acceptors (Lipinski definition) is 3. The smallest absolute Gasteiger partial charge is 0.337 e. The number of aromatic hydroxyl groups is 1. The molecule has 0 fully saturated rings. The first-order chi connectivity index (χ1) is 9.90. The summed E-state index contributed by atoms with van der Waals surface area (Å²) in [7, 11) is 0. The minimum Gasteiger partial charge on any atom is -0.507 e. The van der Waals surface area contributed by atoms with Gasteiger partial charge in [0.1, 0.15) is 5.75 Å². The molecule has 3 N–H and O–H groups in total. The molecule has 0 atom stereocenters. The van der Waals surface area contributed by atoms with Crippen LogP contribution in [0.3, 0.4) is 0 Å². The summed E-state index contributed by atoms with van der Waals surface area (Å²) in [5.74, 6) is -1.94. The lowest BCUT2D eigenvalue weighted by molar-refractivity contribution is 0.0698. The zero-order chi connectivity index (χ0) is 15.6. The number of carboxylic acid groups (broad SMARTS) is 1. The zero-order valence-corrected chi connectivity index (χ0v) is 11.8. The van der Waals surface area contributed by atoms with Crippen molar-refractivity contribution in [2.75, 3.05) is 5.32 Å². The fourth-order valence-electron chi connectivity index (χ4n) is 1.84. The highest BCUT2D eigenvalue weighted by atomic mass is 35.5. The first-order valence-electron chi connectivity index (χ1n) is 6.03. The van der Waals surface area contributed by atoms with Gasteiger partial charge in [0.05, 0.1) is 16.8 Å². The van der Waals surface area contributed by atoms with E-state index in [9.17, 15) is 14.7 Å². The van der Waals surface area contributed by atoms with E-state index in [1.165, 1.54) is 24.3 Å². The van der Waals surface area contributed by atoms with Gasteiger partial charge in [-0.25, -0.2) is 4.79 Å². The molecular formula is C15H12ClNO4. The predicted octanol–water partition coefficient (Wildman–Crippen LogP) is 3.30. The average Bonchev–Trinajstić information content (AvgIpc) is 2.41. The van der Waals surface area contributed by atoms with Gasteiger partial charge in [-0.05, 0) is 36.8 Å². The third-order valence-electron chi connectivity index (χ3n) is 2.94. The van der Waals surface area contributed by atoms with Crippen molar-refractivity contribution in [2.45, 2.75) is 6.92 Å². The molecule has 0 bridgehead atoms. The minimum absolute atomic E-state index is 0.0614. The molecule has 5 nitrogen and oxygen atoms in total. The van der Waals surface area contributed by atoms with Gasteiger partial charge in [0.15, 0.2) is 0 Å². The topological polar surface area (TPSA) is 86.6 Å². The Morgan fingerprint density at radius 2 is 1.86 bits per heavy atom. The van der Waals surface area contributed by atoms with Crippen LogP contribution >= 0.6 is 11.6 Å². The fraction of sp³-hybridized carbons (Fsp3) is 0.0667. The largest absolute Gasteiger partial charge is 0.507 e. The van der Waals surface area contributed by atoms with Gasteiger partial charge < -0.3 is 15.5 Å². The van der Waals surface area contributed by atoms with Crippen molar-refractivity contribution in [1.82, 2.24) is 0 Å². The summed E-state index contributed by atoms with van der Waals surface area (Å²) in [6, 6.07) is 8.80. The monoisotopic (exact) mass is 305 g/mol. The van der Waals surface area contributed by atoms with Crippen LogP contribution in [-0.4, -0.2) is 22.1 Å². The lowest BCUT2D eigenvalue weighted by Gasteiger charge is -2.11. The number of nitrogens with one attached hydrogen (secondary N) is 1. The Balaban J connectivity index is 2.38. The molecule has 6 heteroatoms. The maximum atomic E-state index is 12.2. The molecule has 0 aromatic heterocycles. The van der Waals surface area contributed by atoms with Gasteiger partial charge in [0, 0.05) is 5.02 Å². The van der Waals surface area contributed by atoms with Gasteiger partial charge in [-0.3, -0.25) is 4.79 Å². The predicted molar refractivity (Wildman–Crippen MR) is 79.2 cm³/mol. The number of phenols is 1. The van der Waals surface area contributed by atoms with Crippen molar-refractivity contribution in [3.63, 3.8) is 0 Å². The first-order valence-corrected chi connectivity index (χ1v) is 6.40. The quantitative estimate of drug-likeness (QED) is 0.812. The molecule has 0 radical (unpaired) electrons. The number of carbonyl (C=O) groups excluding carboxylic acids is 1. The van der Waals surface area contributed by atoms with Crippen LogP contribution in [0, 0.1) is 6.92 Å². The average molecular weight is 306 g/mol. The van der Waals surface area contributed by atoms with E-state index in [2.05, 4.69) is 5.32 Å². The molecule has 0 aliphatic heterocycles. The van der Waals surface area contributed by atoms with Crippen molar-refractivity contribution >= 4 is 29.2 Å². The molecule has 0 heterocycles. The van der Waals surface area contributed by atoms with Crippen molar-refractivity contribution in [2.24, 2.45) is 0 Å². The standard InChI is InChI=1S/C15H12ClNO4/c1-8-3-2-4-11(13(8)18)14(19)17-12-7-9(16)5-6-10(12)15(20)21/h2-7,18H,1H3,(H,17,19)(H,20,21). The lowest BCUT2D eigenvalue weighted by Crippen LogP contribution is -2.15. The number of aryl methyl sites for hydroxylation is 1. The van der Waals surface area contributed by atoms with E-state index in [1.807, 2.05) is 0 Å². The normalized spacial score (nSPS) is 10.2. The Kier molecular flexibility index (Phi) is 4.14. The third-order valence-corrected chi connectivity index (χ3v) is 3.18. The van der Waals surface area contributed by atoms with Crippen molar-refractivity contribution in [1.29, 1.82) is 0 Å². The molecule has 0 aliphatic carbocycles. The van der Waals surface area contributed by atoms with Crippen LogP contribution in [-0.2, 0) is 0 Å². The molecule has 0 aliphatic rings. The number of benzene rings is 2. The van der Waals surface area contributed by atoms with Gasteiger partial charge in [0.25, 0.3) is 5.91 Å². The molecular weight excluding hydrogens is 294 g/mol. The van der Waals surface area contributed by atoms with Crippen molar-refractivity contribution < 1.29 is 19.8 Å². The van der Waals surface area contributed by atoms with Gasteiger partial charge in [0.2, 0.25) is 0 Å². The Bertz CT molecular complexity index is 728. The molecule has 0 spiro atoms. The van der Waals surface area contributed by atoms with Crippen LogP contribution in [0.25, 0.3) is 0 Å². The maximum absolute atomic E-state index is 12.2. The zero-order valence-electron chi connectivity index (χ0n) is 11.1. The molecule has 2 aromatic carbocycles. The van der Waals surface area contributed by atoms with Gasteiger partial charge >= 0.3 is 5.97 Å². The first kappa shape index (κ1) is 14.9. The molecule has 0 saturated heterocycles. The summed E-state index contributed by atoms with van der Waals surface area (Å²) >= 11 is 5.81. The fourth-order valence-corrected chi connectivity index (χ4v) is 2.01. The van der Waals surface area contributed by atoms with E-state index in [-0.39, 0.29) is 22.6 Å². The van der Waals surface area contributed by atoms with Crippen molar-refractivity contribution in [3.8, 4) is 5.75 Å². The molecule has 2 aromatic rings. The number of carboxylic acids is 1.